The van der Waals surface area contributed by atoms with Gasteiger partial charge in [0.25, 0.3) is 5.91 Å². The first-order chi connectivity index (χ1) is 12.8. The number of amides is 1. The van der Waals surface area contributed by atoms with Crippen molar-refractivity contribution >= 4 is 5.91 Å². The Kier molecular flexibility index (Phi) is 4.45. The summed E-state index contributed by atoms with van der Waals surface area (Å²) in [6, 6.07) is 13.1. The van der Waals surface area contributed by atoms with Gasteiger partial charge in [-0.3, -0.25) is 4.79 Å². The summed E-state index contributed by atoms with van der Waals surface area (Å²) in [6.07, 6.45) is 6.41. The number of ether oxygens (including phenoxy) is 1. The molecule has 1 N–H and O–H groups in total. The van der Waals surface area contributed by atoms with E-state index in [4.69, 9.17) is 4.74 Å². The van der Waals surface area contributed by atoms with Crippen molar-refractivity contribution in [2.45, 2.75) is 18.4 Å². The Morgan fingerprint density at radius 1 is 1.04 bits per heavy atom. The van der Waals surface area contributed by atoms with Gasteiger partial charge in [-0.2, -0.15) is 5.10 Å². The molecule has 0 unspecified atom stereocenters. The van der Waals surface area contributed by atoms with Crippen molar-refractivity contribution in [3.05, 3.63) is 72.6 Å². The van der Waals surface area contributed by atoms with Crippen LogP contribution in [0, 0.1) is 0 Å². The van der Waals surface area contributed by atoms with E-state index < -0.39 is 5.54 Å². The molecular weight excluding hydrogens is 330 g/mol. The number of nitrogens with zero attached hydrogens (tertiary/aromatic N) is 4. The second kappa shape index (κ2) is 7.05. The molecule has 1 aliphatic heterocycles. The van der Waals surface area contributed by atoms with Gasteiger partial charge in [0.15, 0.2) is 11.5 Å². The monoisotopic (exact) mass is 349 g/mol. The second-order valence-electron chi connectivity index (χ2n) is 6.20. The van der Waals surface area contributed by atoms with E-state index in [0.717, 1.165) is 5.69 Å². The van der Waals surface area contributed by atoms with Gasteiger partial charge in [-0.25, -0.2) is 14.6 Å². The van der Waals surface area contributed by atoms with Crippen LogP contribution in [-0.4, -0.2) is 38.9 Å². The summed E-state index contributed by atoms with van der Waals surface area (Å²) in [5.74, 6) is 0.369. The first kappa shape index (κ1) is 16.4. The van der Waals surface area contributed by atoms with Crippen LogP contribution in [0.4, 0.5) is 0 Å². The van der Waals surface area contributed by atoms with E-state index in [9.17, 15) is 4.79 Å². The highest BCUT2D eigenvalue weighted by Crippen LogP contribution is 2.29. The summed E-state index contributed by atoms with van der Waals surface area (Å²) in [4.78, 5) is 21.6. The number of carbonyl (C=O) groups excluding carboxylic acids is 1. The molecule has 26 heavy (non-hydrogen) atoms. The molecule has 1 fully saturated rings. The van der Waals surface area contributed by atoms with Gasteiger partial charge in [0.1, 0.15) is 5.54 Å². The highest BCUT2D eigenvalue weighted by Gasteiger charge is 2.39. The quantitative estimate of drug-likeness (QED) is 0.780. The largest absolute Gasteiger partial charge is 0.381 e. The minimum absolute atomic E-state index is 0.242. The highest BCUT2D eigenvalue weighted by atomic mass is 16.5. The number of para-hydroxylation sites is 1. The summed E-state index contributed by atoms with van der Waals surface area (Å²) < 4.78 is 7.15. The van der Waals surface area contributed by atoms with Crippen LogP contribution in [0.1, 0.15) is 29.2 Å². The Bertz CT molecular complexity index is 873. The molecule has 2 aromatic heterocycles. The third-order valence-corrected chi connectivity index (χ3v) is 4.54. The summed E-state index contributed by atoms with van der Waals surface area (Å²) in [5, 5.41) is 7.51. The smallest absolute Gasteiger partial charge is 0.272 e. The number of hydrogen-bond donors (Lipinski definition) is 1. The van der Waals surface area contributed by atoms with E-state index in [1.165, 1.54) is 0 Å². The molecule has 0 spiro atoms. The molecule has 4 rings (SSSR count). The summed E-state index contributed by atoms with van der Waals surface area (Å²) in [6.45, 7) is 1.11. The van der Waals surface area contributed by atoms with Crippen molar-refractivity contribution in [1.29, 1.82) is 0 Å². The number of hydrogen-bond acceptors (Lipinski definition) is 5. The van der Waals surface area contributed by atoms with E-state index in [-0.39, 0.29) is 5.91 Å². The van der Waals surface area contributed by atoms with Crippen LogP contribution in [0.5, 0.6) is 0 Å². The standard InChI is InChI=1S/C19H19N5O2/c25-17(16-7-12-24(23-16)15-5-2-1-3-6-15)22-19(8-13-26-14-9-19)18-20-10-4-11-21-18/h1-7,10-12H,8-9,13-14H2,(H,22,25). The predicted molar refractivity (Wildman–Crippen MR) is 94.8 cm³/mol. The van der Waals surface area contributed by atoms with E-state index in [0.29, 0.717) is 37.6 Å². The molecule has 3 heterocycles. The number of benzene rings is 1. The molecule has 132 valence electrons. The lowest BCUT2D eigenvalue weighted by Gasteiger charge is -2.36. The van der Waals surface area contributed by atoms with Crippen LogP contribution < -0.4 is 5.32 Å². The highest BCUT2D eigenvalue weighted by molar-refractivity contribution is 5.92. The Morgan fingerprint density at radius 3 is 2.50 bits per heavy atom. The van der Waals surface area contributed by atoms with Crippen LogP contribution in [0.15, 0.2) is 61.1 Å². The van der Waals surface area contributed by atoms with E-state index in [1.54, 1.807) is 35.4 Å². The van der Waals surface area contributed by atoms with E-state index in [2.05, 4.69) is 20.4 Å². The molecule has 1 aromatic carbocycles. The maximum Gasteiger partial charge on any atom is 0.272 e. The van der Waals surface area contributed by atoms with Crippen LogP contribution in [0.25, 0.3) is 5.69 Å². The number of aromatic nitrogens is 4. The zero-order valence-electron chi connectivity index (χ0n) is 14.2. The van der Waals surface area contributed by atoms with Crippen molar-refractivity contribution < 1.29 is 9.53 Å². The predicted octanol–water partition coefficient (Wildman–Crippen LogP) is 2.10. The van der Waals surface area contributed by atoms with Crippen LogP contribution in [0.3, 0.4) is 0 Å². The topological polar surface area (TPSA) is 81.9 Å². The molecule has 1 aliphatic rings. The van der Waals surface area contributed by atoms with Crippen molar-refractivity contribution in [3.63, 3.8) is 0 Å². The number of carbonyl (C=O) groups is 1. The minimum Gasteiger partial charge on any atom is -0.381 e. The molecule has 3 aromatic rings. The van der Waals surface area contributed by atoms with Gasteiger partial charge in [-0.05, 0) is 24.3 Å². The Balaban J connectivity index is 1.59. The SMILES string of the molecule is O=C(NC1(c2ncccn2)CCOCC1)c1ccn(-c2ccccc2)n1. The first-order valence-electron chi connectivity index (χ1n) is 8.56. The lowest BCUT2D eigenvalue weighted by molar-refractivity contribution is 0.0312. The molecular formula is C19H19N5O2. The van der Waals surface area contributed by atoms with Gasteiger partial charge in [0, 0.05) is 44.6 Å². The van der Waals surface area contributed by atoms with Crippen molar-refractivity contribution in [1.82, 2.24) is 25.1 Å². The number of rotatable bonds is 4. The van der Waals surface area contributed by atoms with Gasteiger partial charge in [0.05, 0.1) is 5.69 Å². The summed E-state index contributed by atoms with van der Waals surface area (Å²) >= 11 is 0. The average Bonchev–Trinajstić information content (AvgIpc) is 3.21. The molecule has 1 saturated heterocycles. The molecule has 7 heteroatoms. The van der Waals surface area contributed by atoms with Crippen molar-refractivity contribution in [3.8, 4) is 5.69 Å². The molecule has 0 aliphatic carbocycles. The fourth-order valence-electron chi connectivity index (χ4n) is 3.12. The zero-order chi connectivity index (χ0) is 17.8. The zero-order valence-corrected chi connectivity index (χ0v) is 14.2. The maximum absolute atomic E-state index is 12.9. The van der Waals surface area contributed by atoms with Crippen LogP contribution in [0.2, 0.25) is 0 Å². The molecule has 1 amide bonds. The number of nitrogens with one attached hydrogen (secondary N) is 1. The lowest BCUT2D eigenvalue weighted by Crippen LogP contribution is -2.50. The lowest BCUT2D eigenvalue weighted by atomic mass is 9.88. The Labute approximate surface area is 151 Å². The summed E-state index contributed by atoms with van der Waals surface area (Å²) in [7, 11) is 0. The summed E-state index contributed by atoms with van der Waals surface area (Å²) in [5.41, 5.74) is 0.627. The van der Waals surface area contributed by atoms with Crippen LogP contribution in [-0.2, 0) is 10.3 Å². The van der Waals surface area contributed by atoms with Gasteiger partial charge in [-0.1, -0.05) is 18.2 Å². The van der Waals surface area contributed by atoms with Crippen LogP contribution >= 0.6 is 0 Å². The third-order valence-electron chi connectivity index (χ3n) is 4.54. The third kappa shape index (κ3) is 3.21. The van der Waals surface area contributed by atoms with Crippen molar-refractivity contribution in [2.75, 3.05) is 13.2 Å². The molecule has 7 nitrogen and oxygen atoms in total. The van der Waals surface area contributed by atoms with Gasteiger partial charge >= 0.3 is 0 Å². The van der Waals surface area contributed by atoms with Gasteiger partial charge in [0.2, 0.25) is 0 Å². The normalized spacial score (nSPS) is 16.2. The average molecular weight is 349 g/mol. The van der Waals surface area contributed by atoms with E-state index in [1.807, 2.05) is 30.3 Å². The first-order valence-corrected chi connectivity index (χ1v) is 8.56. The molecule has 0 radical (unpaired) electrons. The van der Waals surface area contributed by atoms with Gasteiger partial charge < -0.3 is 10.1 Å². The Morgan fingerprint density at radius 2 is 1.77 bits per heavy atom. The fraction of sp³-hybridized carbons (Fsp3) is 0.263. The molecule has 0 atom stereocenters. The van der Waals surface area contributed by atoms with Gasteiger partial charge in [-0.15, -0.1) is 0 Å². The molecule has 0 bridgehead atoms. The molecule has 0 saturated carbocycles. The van der Waals surface area contributed by atoms with Crippen molar-refractivity contribution in [2.24, 2.45) is 0 Å². The minimum atomic E-state index is -0.632. The fourth-order valence-corrected chi connectivity index (χ4v) is 3.12. The Hall–Kier alpha value is -3.06. The van der Waals surface area contributed by atoms with E-state index >= 15 is 0 Å². The maximum atomic E-state index is 12.9. The second-order valence-corrected chi connectivity index (χ2v) is 6.20.